The lowest BCUT2D eigenvalue weighted by molar-refractivity contribution is -0.125. The molecule has 0 aromatic heterocycles. The molecule has 2 aromatic carbocycles. The van der Waals surface area contributed by atoms with Gasteiger partial charge >= 0.3 is 0 Å². The minimum atomic E-state index is -0.640. The predicted octanol–water partition coefficient (Wildman–Crippen LogP) is 3.25. The van der Waals surface area contributed by atoms with Gasteiger partial charge in [-0.25, -0.2) is 0 Å². The first-order valence-electron chi connectivity index (χ1n) is 8.53. The molecule has 7 heteroatoms. The van der Waals surface area contributed by atoms with Gasteiger partial charge in [-0.05, 0) is 42.7 Å². The van der Waals surface area contributed by atoms with Crippen molar-refractivity contribution in [2.45, 2.75) is 26.8 Å². The molecule has 0 saturated heterocycles. The lowest BCUT2D eigenvalue weighted by Crippen LogP contribution is -2.46. The van der Waals surface area contributed by atoms with E-state index < -0.39 is 6.04 Å². The van der Waals surface area contributed by atoms with Crippen molar-refractivity contribution in [3.05, 3.63) is 54.1 Å². The number of ether oxygens (including phenoxy) is 1. The lowest BCUT2D eigenvalue weighted by atomic mass is 10.1. The van der Waals surface area contributed by atoms with E-state index in [2.05, 4.69) is 10.6 Å². The van der Waals surface area contributed by atoms with Gasteiger partial charge < -0.3 is 21.1 Å². The van der Waals surface area contributed by atoms with Crippen LogP contribution in [0.5, 0.6) is 11.5 Å². The normalized spacial score (nSPS) is 11.3. The molecular formula is C20H26ClN3O3. The molecule has 0 fully saturated rings. The van der Waals surface area contributed by atoms with Gasteiger partial charge in [0.2, 0.25) is 11.8 Å². The van der Waals surface area contributed by atoms with Crippen LogP contribution in [0.2, 0.25) is 0 Å². The molecule has 2 amide bonds. The van der Waals surface area contributed by atoms with E-state index in [1.165, 1.54) is 0 Å². The molecule has 6 nitrogen and oxygen atoms in total. The number of aryl methyl sites for hydroxylation is 1. The van der Waals surface area contributed by atoms with E-state index >= 15 is 0 Å². The van der Waals surface area contributed by atoms with Crippen LogP contribution in [0.15, 0.2) is 48.5 Å². The number of rotatable bonds is 7. The van der Waals surface area contributed by atoms with Gasteiger partial charge in [0, 0.05) is 0 Å². The summed E-state index contributed by atoms with van der Waals surface area (Å²) in [6.45, 7) is 5.47. The van der Waals surface area contributed by atoms with Gasteiger partial charge in [-0.2, -0.15) is 0 Å². The maximum Gasteiger partial charge on any atom is 0.243 e. The SMILES string of the molecule is Cc1ccc(Oc2ccccc2)c(NC(=O)CNC(=O)[C@@H](N)C(C)C)c1.Cl. The Bertz CT molecular complexity index is 766. The molecule has 0 aliphatic carbocycles. The Morgan fingerprint density at radius 1 is 1.11 bits per heavy atom. The van der Waals surface area contributed by atoms with Gasteiger partial charge in [-0.1, -0.05) is 38.1 Å². The van der Waals surface area contributed by atoms with Gasteiger partial charge in [0.05, 0.1) is 18.3 Å². The smallest absolute Gasteiger partial charge is 0.243 e. The molecule has 0 saturated carbocycles. The largest absolute Gasteiger partial charge is 0.455 e. The maximum atomic E-state index is 12.2. The Hall–Kier alpha value is -2.57. The molecular weight excluding hydrogens is 366 g/mol. The van der Waals surface area contributed by atoms with E-state index in [0.717, 1.165) is 5.56 Å². The highest BCUT2D eigenvalue weighted by Gasteiger charge is 2.18. The summed E-state index contributed by atoms with van der Waals surface area (Å²) >= 11 is 0. The van der Waals surface area contributed by atoms with Crippen molar-refractivity contribution in [3.8, 4) is 11.5 Å². The van der Waals surface area contributed by atoms with Crippen LogP contribution in [0.3, 0.4) is 0 Å². The van der Waals surface area contributed by atoms with Crippen molar-refractivity contribution < 1.29 is 14.3 Å². The molecule has 0 aliphatic heterocycles. The van der Waals surface area contributed by atoms with Gasteiger partial charge in [-0.15, -0.1) is 12.4 Å². The quantitative estimate of drug-likeness (QED) is 0.675. The molecule has 27 heavy (non-hydrogen) atoms. The van der Waals surface area contributed by atoms with Crippen LogP contribution >= 0.6 is 12.4 Å². The molecule has 0 aliphatic rings. The van der Waals surface area contributed by atoms with Gasteiger partial charge in [0.1, 0.15) is 5.75 Å². The van der Waals surface area contributed by atoms with E-state index in [1.54, 1.807) is 6.07 Å². The number of carbonyl (C=O) groups is 2. The molecule has 0 heterocycles. The molecule has 1 atom stereocenters. The fourth-order valence-corrected chi connectivity index (χ4v) is 2.23. The van der Waals surface area contributed by atoms with E-state index in [4.69, 9.17) is 10.5 Å². The molecule has 2 rings (SSSR count). The van der Waals surface area contributed by atoms with Crippen molar-refractivity contribution >= 4 is 29.9 Å². The lowest BCUT2D eigenvalue weighted by Gasteiger charge is -2.16. The Balaban J connectivity index is 0.00000364. The number of carbonyl (C=O) groups excluding carboxylic acids is 2. The van der Waals surface area contributed by atoms with Gasteiger partial charge in [-0.3, -0.25) is 9.59 Å². The second kappa shape index (κ2) is 10.5. The van der Waals surface area contributed by atoms with Crippen molar-refractivity contribution in [1.82, 2.24) is 5.32 Å². The summed E-state index contributed by atoms with van der Waals surface area (Å²) in [4.78, 5) is 24.1. The predicted molar refractivity (Wildman–Crippen MR) is 109 cm³/mol. The minimum Gasteiger partial charge on any atom is -0.455 e. The zero-order chi connectivity index (χ0) is 19.1. The van der Waals surface area contributed by atoms with E-state index in [0.29, 0.717) is 17.2 Å². The summed E-state index contributed by atoms with van der Waals surface area (Å²) in [5.74, 6) is 0.502. The van der Waals surface area contributed by atoms with Gasteiger partial charge in [0.15, 0.2) is 5.75 Å². The van der Waals surface area contributed by atoms with Crippen molar-refractivity contribution in [2.24, 2.45) is 11.7 Å². The van der Waals surface area contributed by atoms with E-state index in [1.807, 2.05) is 63.2 Å². The third-order valence-electron chi connectivity index (χ3n) is 3.82. The Labute approximate surface area is 165 Å². The summed E-state index contributed by atoms with van der Waals surface area (Å²) in [5.41, 5.74) is 7.29. The fourth-order valence-electron chi connectivity index (χ4n) is 2.23. The Morgan fingerprint density at radius 2 is 1.78 bits per heavy atom. The van der Waals surface area contributed by atoms with Crippen LogP contribution in [0.4, 0.5) is 5.69 Å². The third-order valence-corrected chi connectivity index (χ3v) is 3.82. The van der Waals surface area contributed by atoms with Crippen molar-refractivity contribution in [2.75, 3.05) is 11.9 Å². The zero-order valence-electron chi connectivity index (χ0n) is 15.7. The summed E-state index contributed by atoms with van der Waals surface area (Å²) in [5, 5.41) is 5.33. The van der Waals surface area contributed by atoms with Crippen LogP contribution in [-0.4, -0.2) is 24.4 Å². The number of anilines is 1. The number of hydrogen-bond acceptors (Lipinski definition) is 4. The summed E-state index contributed by atoms with van der Waals surface area (Å²) in [6.07, 6.45) is 0. The second-order valence-corrected chi connectivity index (χ2v) is 6.45. The molecule has 0 bridgehead atoms. The van der Waals surface area contributed by atoms with Crippen LogP contribution in [0.25, 0.3) is 0 Å². The third kappa shape index (κ3) is 6.92. The van der Waals surface area contributed by atoms with Crippen molar-refractivity contribution in [3.63, 3.8) is 0 Å². The number of hydrogen-bond donors (Lipinski definition) is 3. The Morgan fingerprint density at radius 3 is 2.41 bits per heavy atom. The first-order chi connectivity index (χ1) is 12.4. The molecule has 146 valence electrons. The first-order valence-corrected chi connectivity index (χ1v) is 8.53. The minimum absolute atomic E-state index is 0. The number of para-hydroxylation sites is 1. The van der Waals surface area contributed by atoms with E-state index in [9.17, 15) is 9.59 Å². The van der Waals surface area contributed by atoms with Crippen LogP contribution in [0, 0.1) is 12.8 Å². The number of amides is 2. The second-order valence-electron chi connectivity index (χ2n) is 6.45. The number of nitrogens with two attached hydrogens (primary N) is 1. The summed E-state index contributed by atoms with van der Waals surface area (Å²) in [7, 11) is 0. The highest BCUT2D eigenvalue weighted by Crippen LogP contribution is 2.30. The highest BCUT2D eigenvalue weighted by molar-refractivity contribution is 5.96. The van der Waals surface area contributed by atoms with Crippen molar-refractivity contribution in [1.29, 1.82) is 0 Å². The average molecular weight is 392 g/mol. The molecule has 0 unspecified atom stereocenters. The average Bonchev–Trinajstić information content (AvgIpc) is 2.62. The van der Waals surface area contributed by atoms with Crippen LogP contribution < -0.4 is 21.1 Å². The Kier molecular flexibility index (Phi) is 8.78. The molecule has 4 N–H and O–H groups in total. The number of halogens is 1. The van der Waals surface area contributed by atoms with Crippen LogP contribution in [0.1, 0.15) is 19.4 Å². The molecule has 0 spiro atoms. The van der Waals surface area contributed by atoms with Gasteiger partial charge in [0.25, 0.3) is 0 Å². The number of benzene rings is 2. The van der Waals surface area contributed by atoms with Crippen LogP contribution in [-0.2, 0) is 9.59 Å². The molecule has 2 aromatic rings. The number of nitrogens with one attached hydrogen (secondary N) is 2. The molecule has 0 radical (unpaired) electrons. The highest BCUT2D eigenvalue weighted by atomic mass is 35.5. The fraction of sp³-hybridized carbons (Fsp3) is 0.300. The monoisotopic (exact) mass is 391 g/mol. The zero-order valence-corrected chi connectivity index (χ0v) is 16.5. The summed E-state index contributed by atoms with van der Waals surface area (Å²) < 4.78 is 5.84. The topological polar surface area (TPSA) is 93.5 Å². The maximum absolute atomic E-state index is 12.2. The standard InChI is InChI=1S/C20H25N3O3.ClH/c1-13(2)19(21)20(25)22-12-18(24)23-16-11-14(3)9-10-17(16)26-15-7-5-4-6-8-15;/h4-11,13,19H,12,21H2,1-3H3,(H,22,25)(H,23,24);1H/t19-;/m0./s1. The van der Waals surface area contributed by atoms with E-state index in [-0.39, 0.29) is 36.7 Å². The first kappa shape index (κ1) is 22.5. The summed E-state index contributed by atoms with van der Waals surface area (Å²) in [6, 6.07) is 14.2.